The predicted octanol–water partition coefficient (Wildman–Crippen LogP) is 0.728. The van der Waals surface area contributed by atoms with Crippen LogP contribution < -0.4 is 16.8 Å². The first-order valence-corrected chi connectivity index (χ1v) is 11.3. The number of likely N-dealkylation sites (tertiary alicyclic amines) is 2. The third kappa shape index (κ3) is 6.04. The SMILES string of the molecule is CC1CCN(C(=O)CCC(N)C(=O)N2CCCC2C(=O)NCc2ccc(CN)cc2)C1. The van der Waals surface area contributed by atoms with Crippen LogP contribution in [0.5, 0.6) is 0 Å². The molecule has 0 spiro atoms. The number of rotatable bonds is 8. The Bertz CT molecular complexity index is 782. The van der Waals surface area contributed by atoms with Gasteiger partial charge in [-0.1, -0.05) is 31.2 Å². The lowest BCUT2D eigenvalue weighted by Gasteiger charge is -2.27. The summed E-state index contributed by atoms with van der Waals surface area (Å²) < 4.78 is 0. The summed E-state index contributed by atoms with van der Waals surface area (Å²) in [7, 11) is 0. The molecule has 0 bridgehead atoms. The Kier molecular flexibility index (Phi) is 8.03. The fourth-order valence-corrected chi connectivity index (χ4v) is 4.34. The summed E-state index contributed by atoms with van der Waals surface area (Å²) in [5.41, 5.74) is 13.7. The summed E-state index contributed by atoms with van der Waals surface area (Å²) in [5.74, 6) is 0.182. The standard InChI is InChI=1S/C23H35N5O3/c1-16-10-12-27(15-16)21(29)9-8-19(25)23(31)28-11-2-3-20(28)22(30)26-14-18-6-4-17(13-24)5-7-18/h4-7,16,19-20H,2-3,8-15,24-25H2,1H3,(H,26,30). The van der Waals surface area contributed by atoms with Crippen molar-refractivity contribution in [3.8, 4) is 0 Å². The van der Waals surface area contributed by atoms with E-state index < -0.39 is 12.1 Å². The highest BCUT2D eigenvalue weighted by atomic mass is 16.2. The second-order valence-electron chi connectivity index (χ2n) is 8.81. The van der Waals surface area contributed by atoms with E-state index in [2.05, 4.69) is 12.2 Å². The highest BCUT2D eigenvalue weighted by Crippen LogP contribution is 2.20. The highest BCUT2D eigenvalue weighted by molar-refractivity contribution is 5.90. The minimum absolute atomic E-state index is 0.0592. The Hall–Kier alpha value is -2.45. The van der Waals surface area contributed by atoms with Crippen LogP contribution in [0.2, 0.25) is 0 Å². The maximum atomic E-state index is 12.9. The van der Waals surface area contributed by atoms with Crippen LogP contribution in [0, 0.1) is 5.92 Å². The number of hydrogen-bond acceptors (Lipinski definition) is 5. The molecule has 2 saturated heterocycles. The van der Waals surface area contributed by atoms with E-state index in [9.17, 15) is 14.4 Å². The molecular formula is C23H35N5O3. The lowest BCUT2D eigenvalue weighted by Crippen LogP contribution is -2.51. The van der Waals surface area contributed by atoms with Gasteiger partial charge in [0.25, 0.3) is 0 Å². The normalized spacial score (nSPS) is 21.9. The number of benzene rings is 1. The quantitative estimate of drug-likeness (QED) is 0.562. The van der Waals surface area contributed by atoms with Gasteiger partial charge in [-0.25, -0.2) is 0 Å². The van der Waals surface area contributed by atoms with Crippen LogP contribution in [0.4, 0.5) is 0 Å². The Balaban J connectivity index is 1.47. The number of nitrogens with zero attached hydrogens (tertiary/aromatic N) is 2. The van der Waals surface area contributed by atoms with Crippen molar-refractivity contribution < 1.29 is 14.4 Å². The first kappa shape index (κ1) is 23.2. The summed E-state index contributed by atoms with van der Waals surface area (Å²) in [6.07, 6.45) is 3.00. The molecule has 3 unspecified atom stereocenters. The Morgan fingerprint density at radius 3 is 2.48 bits per heavy atom. The second kappa shape index (κ2) is 10.7. The summed E-state index contributed by atoms with van der Waals surface area (Å²) in [5, 5.41) is 2.93. The maximum Gasteiger partial charge on any atom is 0.243 e. The van der Waals surface area contributed by atoms with Crippen molar-refractivity contribution in [2.24, 2.45) is 17.4 Å². The molecule has 5 N–H and O–H groups in total. The number of carbonyl (C=O) groups excluding carboxylic acids is 3. The van der Waals surface area contributed by atoms with Gasteiger partial charge in [0.2, 0.25) is 17.7 Å². The first-order valence-electron chi connectivity index (χ1n) is 11.3. The van der Waals surface area contributed by atoms with Crippen LogP contribution >= 0.6 is 0 Å². The molecule has 8 nitrogen and oxygen atoms in total. The van der Waals surface area contributed by atoms with E-state index in [1.54, 1.807) is 4.90 Å². The van der Waals surface area contributed by atoms with Gasteiger partial charge >= 0.3 is 0 Å². The van der Waals surface area contributed by atoms with Gasteiger partial charge in [-0.3, -0.25) is 14.4 Å². The molecule has 1 aromatic rings. The van der Waals surface area contributed by atoms with E-state index in [1.165, 1.54) is 0 Å². The van der Waals surface area contributed by atoms with Crippen molar-refractivity contribution in [1.82, 2.24) is 15.1 Å². The monoisotopic (exact) mass is 429 g/mol. The number of amides is 3. The van der Waals surface area contributed by atoms with Gasteiger partial charge in [0.05, 0.1) is 6.04 Å². The van der Waals surface area contributed by atoms with Gasteiger partial charge in [0.1, 0.15) is 6.04 Å². The Labute approximate surface area is 184 Å². The van der Waals surface area contributed by atoms with Gasteiger partial charge in [0.15, 0.2) is 0 Å². The molecule has 31 heavy (non-hydrogen) atoms. The maximum absolute atomic E-state index is 12.9. The molecular weight excluding hydrogens is 394 g/mol. The van der Waals surface area contributed by atoms with E-state index in [-0.39, 0.29) is 24.1 Å². The van der Waals surface area contributed by atoms with Crippen molar-refractivity contribution in [2.75, 3.05) is 19.6 Å². The van der Waals surface area contributed by atoms with Crippen LogP contribution in [0.25, 0.3) is 0 Å². The Morgan fingerprint density at radius 1 is 1.13 bits per heavy atom. The molecule has 3 amide bonds. The van der Waals surface area contributed by atoms with Gasteiger partial charge in [-0.2, -0.15) is 0 Å². The van der Waals surface area contributed by atoms with Crippen molar-refractivity contribution >= 4 is 17.7 Å². The minimum Gasteiger partial charge on any atom is -0.350 e. The van der Waals surface area contributed by atoms with Crippen molar-refractivity contribution in [3.05, 3.63) is 35.4 Å². The molecule has 0 aromatic heterocycles. The molecule has 2 heterocycles. The van der Waals surface area contributed by atoms with E-state index in [0.717, 1.165) is 37.1 Å². The van der Waals surface area contributed by atoms with Gasteiger partial charge in [-0.05, 0) is 42.7 Å². The average molecular weight is 430 g/mol. The van der Waals surface area contributed by atoms with Crippen LogP contribution in [-0.4, -0.2) is 59.2 Å². The molecule has 3 rings (SSSR count). The van der Waals surface area contributed by atoms with Gasteiger partial charge in [0, 0.05) is 39.1 Å². The zero-order valence-corrected chi connectivity index (χ0v) is 18.4. The lowest BCUT2D eigenvalue weighted by molar-refractivity contribution is -0.140. The summed E-state index contributed by atoms with van der Waals surface area (Å²) in [6.45, 7) is 5.10. The van der Waals surface area contributed by atoms with Gasteiger partial charge < -0.3 is 26.6 Å². The third-order valence-corrected chi connectivity index (χ3v) is 6.33. The van der Waals surface area contributed by atoms with E-state index in [1.807, 2.05) is 29.2 Å². The summed E-state index contributed by atoms with van der Waals surface area (Å²) in [6, 6.07) is 6.49. The van der Waals surface area contributed by atoms with E-state index >= 15 is 0 Å². The second-order valence-corrected chi connectivity index (χ2v) is 8.81. The van der Waals surface area contributed by atoms with Crippen LogP contribution in [0.15, 0.2) is 24.3 Å². The number of hydrogen-bond donors (Lipinski definition) is 3. The van der Waals surface area contributed by atoms with E-state index in [0.29, 0.717) is 38.4 Å². The molecule has 3 atom stereocenters. The van der Waals surface area contributed by atoms with Crippen molar-refractivity contribution in [3.63, 3.8) is 0 Å². The molecule has 170 valence electrons. The largest absolute Gasteiger partial charge is 0.350 e. The predicted molar refractivity (Wildman–Crippen MR) is 118 cm³/mol. The van der Waals surface area contributed by atoms with Crippen LogP contribution in [-0.2, 0) is 27.5 Å². The summed E-state index contributed by atoms with van der Waals surface area (Å²) >= 11 is 0. The van der Waals surface area contributed by atoms with Crippen molar-refractivity contribution in [1.29, 1.82) is 0 Å². The Morgan fingerprint density at radius 2 is 1.84 bits per heavy atom. The molecule has 2 fully saturated rings. The fourth-order valence-electron chi connectivity index (χ4n) is 4.34. The van der Waals surface area contributed by atoms with E-state index in [4.69, 9.17) is 11.5 Å². The molecule has 2 aliphatic heterocycles. The zero-order valence-electron chi connectivity index (χ0n) is 18.4. The minimum atomic E-state index is -0.763. The zero-order chi connectivity index (χ0) is 22.4. The third-order valence-electron chi connectivity index (χ3n) is 6.33. The number of nitrogens with two attached hydrogens (primary N) is 2. The summed E-state index contributed by atoms with van der Waals surface area (Å²) in [4.78, 5) is 41.4. The van der Waals surface area contributed by atoms with Crippen LogP contribution in [0.1, 0.15) is 50.2 Å². The first-order chi connectivity index (χ1) is 14.9. The molecule has 8 heteroatoms. The van der Waals surface area contributed by atoms with Gasteiger partial charge in [-0.15, -0.1) is 0 Å². The molecule has 0 saturated carbocycles. The van der Waals surface area contributed by atoms with Crippen molar-refractivity contribution in [2.45, 2.75) is 64.2 Å². The number of nitrogens with one attached hydrogen (secondary N) is 1. The smallest absolute Gasteiger partial charge is 0.243 e. The number of carbonyl (C=O) groups is 3. The van der Waals surface area contributed by atoms with Crippen LogP contribution in [0.3, 0.4) is 0 Å². The average Bonchev–Trinajstić information content (AvgIpc) is 3.44. The topological polar surface area (TPSA) is 122 Å². The highest BCUT2D eigenvalue weighted by Gasteiger charge is 2.36. The lowest BCUT2D eigenvalue weighted by atomic mass is 10.1. The molecule has 2 aliphatic rings. The molecule has 1 aromatic carbocycles. The molecule has 0 aliphatic carbocycles. The fraction of sp³-hybridized carbons (Fsp3) is 0.609. The molecule has 0 radical (unpaired) electrons.